The summed E-state index contributed by atoms with van der Waals surface area (Å²) in [6.45, 7) is 1.48. The van der Waals surface area contributed by atoms with Gasteiger partial charge in [-0.25, -0.2) is 0 Å². The molecule has 3 atom stereocenters. The van der Waals surface area contributed by atoms with Gasteiger partial charge in [0.05, 0.1) is 18.6 Å². The van der Waals surface area contributed by atoms with Gasteiger partial charge in [-0.05, 0) is 31.3 Å². The lowest BCUT2D eigenvalue weighted by Gasteiger charge is -2.25. The third-order valence-corrected chi connectivity index (χ3v) is 3.21. The second kappa shape index (κ2) is 7.04. The van der Waals surface area contributed by atoms with Crippen LogP contribution in [0.15, 0.2) is 11.6 Å². The molecule has 1 aliphatic rings. The number of ether oxygens (including phenoxy) is 1. The Bertz CT molecular complexity index is 384. The number of hydrogen-bond donors (Lipinski definition) is 1. The Morgan fingerprint density at radius 1 is 1.78 bits per heavy atom. The molecule has 0 heterocycles. The molecular formula is C13H18N2O3. The molecule has 0 aromatic heterocycles. The molecular weight excluding hydrogens is 232 g/mol. The fourth-order valence-electron chi connectivity index (χ4n) is 2.18. The molecule has 0 saturated heterocycles. The lowest BCUT2D eigenvalue weighted by Crippen LogP contribution is -2.42. The first kappa shape index (κ1) is 14.6. The van der Waals surface area contributed by atoms with Crippen molar-refractivity contribution in [2.75, 3.05) is 6.61 Å². The summed E-state index contributed by atoms with van der Waals surface area (Å²) in [6.07, 6.45) is 3.72. The second-order valence-electron chi connectivity index (χ2n) is 4.43. The largest absolute Gasteiger partial charge is 0.368 e. The van der Waals surface area contributed by atoms with Crippen LogP contribution in [0.25, 0.3) is 0 Å². The molecule has 5 nitrogen and oxygen atoms in total. The van der Waals surface area contributed by atoms with Gasteiger partial charge in [0, 0.05) is 6.04 Å². The van der Waals surface area contributed by atoms with E-state index in [1.54, 1.807) is 0 Å². The van der Waals surface area contributed by atoms with Gasteiger partial charge >= 0.3 is 0 Å². The van der Waals surface area contributed by atoms with Crippen LogP contribution in [0, 0.1) is 17.2 Å². The number of nitriles is 1. The summed E-state index contributed by atoms with van der Waals surface area (Å²) in [7, 11) is 0. The Morgan fingerprint density at radius 2 is 2.50 bits per heavy atom. The average molecular weight is 250 g/mol. The molecule has 3 unspecified atom stereocenters. The van der Waals surface area contributed by atoms with Crippen LogP contribution in [0.1, 0.15) is 26.2 Å². The van der Waals surface area contributed by atoms with Crippen LogP contribution in [0.2, 0.25) is 0 Å². The van der Waals surface area contributed by atoms with Crippen molar-refractivity contribution in [3.63, 3.8) is 0 Å². The lowest BCUT2D eigenvalue weighted by atomic mass is 9.94. The minimum Gasteiger partial charge on any atom is -0.368 e. The van der Waals surface area contributed by atoms with Crippen molar-refractivity contribution in [2.24, 2.45) is 11.7 Å². The summed E-state index contributed by atoms with van der Waals surface area (Å²) >= 11 is 0. The zero-order valence-corrected chi connectivity index (χ0v) is 10.5. The van der Waals surface area contributed by atoms with Crippen molar-refractivity contribution in [2.45, 2.75) is 38.3 Å². The minimum atomic E-state index is -0.465. The molecule has 0 bridgehead atoms. The van der Waals surface area contributed by atoms with Crippen molar-refractivity contribution in [3.05, 3.63) is 11.6 Å². The molecule has 0 fully saturated rings. The highest BCUT2D eigenvalue weighted by Crippen LogP contribution is 2.28. The molecule has 0 aliphatic heterocycles. The van der Waals surface area contributed by atoms with Gasteiger partial charge in [-0.1, -0.05) is 6.08 Å². The number of ketones is 1. The van der Waals surface area contributed by atoms with Crippen LogP contribution in [0.4, 0.5) is 0 Å². The van der Waals surface area contributed by atoms with Gasteiger partial charge in [0.15, 0.2) is 5.78 Å². The van der Waals surface area contributed by atoms with E-state index in [9.17, 15) is 9.59 Å². The van der Waals surface area contributed by atoms with Crippen LogP contribution in [-0.4, -0.2) is 30.8 Å². The number of carbonyl (C=O) groups excluding carboxylic acids is 2. The highest BCUT2D eigenvalue weighted by atomic mass is 16.5. The summed E-state index contributed by atoms with van der Waals surface area (Å²) in [5.74, 6) is 0.101. The quantitative estimate of drug-likeness (QED) is 0.672. The van der Waals surface area contributed by atoms with E-state index in [1.807, 2.05) is 12.1 Å². The van der Waals surface area contributed by atoms with Gasteiger partial charge in [-0.2, -0.15) is 5.26 Å². The van der Waals surface area contributed by atoms with Crippen LogP contribution >= 0.6 is 0 Å². The number of nitrogens with two attached hydrogens (primary N) is 1. The van der Waals surface area contributed by atoms with Crippen molar-refractivity contribution < 1.29 is 14.3 Å². The van der Waals surface area contributed by atoms with Gasteiger partial charge in [0.2, 0.25) is 0 Å². The smallest absolute Gasteiger partial charge is 0.155 e. The average Bonchev–Trinajstić information content (AvgIpc) is 2.83. The molecule has 1 aliphatic carbocycles. The van der Waals surface area contributed by atoms with Gasteiger partial charge in [0.25, 0.3) is 0 Å². The molecule has 98 valence electrons. The number of nitrogens with zero attached hydrogens (tertiary/aromatic N) is 1. The summed E-state index contributed by atoms with van der Waals surface area (Å²) in [6, 6.07) is 1.65. The van der Waals surface area contributed by atoms with E-state index in [0.29, 0.717) is 6.29 Å². The zero-order chi connectivity index (χ0) is 13.5. The van der Waals surface area contributed by atoms with E-state index in [-0.39, 0.29) is 30.8 Å². The normalized spacial score (nSPS) is 21.8. The molecule has 0 spiro atoms. The Kier molecular flexibility index (Phi) is 5.69. The first-order valence-corrected chi connectivity index (χ1v) is 5.99. The maximum absolute atomic E-state index is 11.2. The number of Topliss-reactive ketones (excluding diaryl/α,β-unsaturated/α-hetero) is 1. The summed E-state index contributed by atoms with van der Waals surface area (Å²) in [5.41, 5.74) is 6.86. The fourth-order valence-corrected chi connectivity index (χ4v) is 2.18. The number of allylic oxidation sites excluding steroid dienone is 1. The lowest BCUT2D eigenvalue weighted by molar-refractivity contribution is -0.114. The predicted octanol–water partition coefficient (Wildman–Crippen LogP) is 0.737. The number of rotatable bonds is 7. The van der Waals surface area contributed by atoms with E-state index in [2.05, 4.69) is 0 Å². The first-order chi connectivity index (χ1) is 8.60. The van der Waals surface area contributed by atoms with Gasteiger partial charge in [0.1, 0.15) is 12.9 Å². The highest BCUT2D eigenvalue weighted by Gasteiger charge is 2.29. The third-order valence-electron chi connectivity index (χ3n) is 3.21. The molecule has 0 aromatic carbocycles. The topological polar surface area (TPSA) is 93.2 Å². The Balaban J connectivity index is 2.66. The van der Waals surface area contributed by atoms with Crippen LogP contribution in [-0.2, 0) is 14.3 Å². The van der Waals surface area contributed by atoms with E-state index >= 15 is 0 Å². The molecule has 5 heteroatoms. The number of aldehydes is 1. The van der Waals surface area contributed by atoms with E-state index in [0.717, 1.165) is 18.4 Å². The molecule has 2 N–H and O–H groups in total. The summed E-state index contributed by atoms with van der Waals surface area (Å²) in [4.78, 5) is 21.5. The monoisotopic (exact) mass is 250 g/mol. The van der Waals surface area contributed by atoms with Gasteiger partial charge < -0.3 is 15.3 Å². The van der Waals surface area contributed by atoms with Crippen molar-refractivity contribution in [1.29, 1.82) is 5.26 Å². The van der Waals surface area contributed by atoms with Gasteiger partial charge in [-0.15, -0.1) is 0 Å². The van der Waals surface area contributed by atoms with Crippen LogP contribution in [0.5, 0.6) is 0 Å². The standard InChI is InChI=1S/C13H18N2O3/c1-9(17)10-2-3-11(8-10)13(15)12(4-5-14)18-7-6-16/h6,8,11-13H,2-4,7,15H2,1H3. The SMILES string of the molecule is CC(=O)C1=CC(C(N)C(CC#N)OCC=O)CC1. The molecule has 0 radical (unpaired) electrons. The first-order valence-electron chi connectivity index (χ1n) is 5.99. The number of hydrogen-bond acceptors (Lipinski definition) is 5. The Labute approximate surface area is 107 Å². The molecule has 18 heavy (non-hydrogen) atoms. The summed E-state index contributed by atoms with van der Waals surface area (Å²) < 4.78 is 5.27. The molecule has 0 saturated carbocycles. The van der Waals surface area contributed by atoms with Gasteiger partial charge in [-0.3, -0.25) is 4.79 Å². The van der Waals surface area contributed by atoms with E-state index < -0.39 is 6.10 Å². The Morgan fingerprint density at radius 3 is 3.00 bits per heavy atom. The van der Waals surface area contributed by atoms with E-state index in [1.165, 1.54) is 6.92 Å². The molecule has 1 rings (SSSR count). The highest BCUT2D eigenvalue weighted by molar-refractivity contribution is 5.93. The molecule has 0 aromatic rings. The van der Waals surface area contributed by atoms with Crippen molar-refractivity contribution in [3.8, 4) is 6.07 Å². The van der Waals surface area contributed by atoms with Crippen molar-refractivity contribution >= 4 is 12.1 Å². The second-order valence-corrected chi connectivity index (χ2v) is 4.43. The maximum Gasteiger partial charge on any atom is 0.155 e. The zero-order valence-electron chi connectivity index (χ0n) is 10.5. The van der Waals surface area contributed by atoms with E-state index in [4.69, 9.17) is 15.7 Å². The van der Waals surface area contributed by atoms with Crippen LogP contribution in [0.3, 0.4) is 0 Å². The van der Waals surface area contributed by atoms with Crippen LogP contribution < -0.4 is 5.73 Å². The number of carbonyl (C=O) groups is 2. The third kappa shape index (κ3) is 3.76. The fraction of sp³-hybridized carbons (Fsp3) is 0.615. The Hall–Kier alpha value is -1.51. The minimum absolute atomic E-state index is 0.0360. The molecule has 0 amide bonds. The van der Waals surface area contributed by atoms with Crippen molar-refractivity contribution in [1.82, 2.24) is 0 Å². The maximum atomic E-state index is 11.2. The summed E-state index contributed by atoms with van der Waals surface area (Å²) in [5, 5.41) is 8.72. The predicted molar refractivity (Wildman–Crippen MR) is 65.5 cm³/mol.